The predicted octanol–water partition coefficient (Wildman–Crippen LogP) is 0.573. The van der Waals surface area contributed by atoms with Crippen molar-refractivity contribution in [2.75, 3.05) is 7.11 Å². The molecule has 7 heteroatoms. The molecular formula is C10H9NO6. The number of pyridine rings is 1. The summed E-state index contributed by atoms with van der Waals surface area (Å²) in [4.78, 5) is 36.9. The van der Waals surface area contributed by atoms with Crippen molar-refractivity contribution in [3.8, 4) is 0 Å². The molecule has 0 unspecified atom stereocenters. The quantitative estimate of drug-likeness (QED) is 0.741. The third kappa shape index (κ3) is 2.22. The van der Waals surface area contributed by atoms with E-state index < -0.39 is 29.0 Å². The number of carbonyl (C=O) groups excluding carboxylic acids is 1. The first kappa shape index (κ1) is 12.6. The highest BCUT2D eigenvalue weighted by Gasteiger charge is 2.27. The molecule has 0 aliphatic rings. The second-order valence-electron chi connectivity index (χ2n) is 3.11. The SMILES string of the molecule is COC(=O)c1cnc(C)c(C(=O)O)c1C(=O)O. The van der Waals surface area contributed by atoms with Crippen LogP contribution in [0, 0.1) is 6.92 Å². The van der Waals surface area contributed by atoms with E-state index >= 15 is 0 Å². The summed E-state index contributed by atoms with van der Waals surface area (Å²) in [6.07, 6.45) is 0.983. The van der Waals surface area contributed by atoms with Gasteiger partial charge in [-0.05, 0) is 6.92 Å². The predicted molar refractivity (Wildman–Crippen MR) is 54.2 cm³/mol. The summed E-state index contributed by atoms with van der Waals surface area (Å²) >= 11 is 0. The van der Waals surface area contributed by atoms with E-state index in [4.69, 9.17) is 10.2 Å². The first-order valence-electron chi connectivity index (χ1n) is 4.44. The molecule has 90 valence electrons. The number of carboxylic acid groups (broad SMARTS) is 2. The van der Waals surface area contributed by atoms with E-state index in [2.05, 4.69) is 9.72 Å². The molecule has 0 saturated carbocycles. The Balaban J connectivity index is 3.65. The monoisotopic (exact) mass is 239 g/mol. The Bertz CT molecular complexity index is 508. The van der Waals surface area contributed by atoms with Crippen molar-refractivity contribution in [3.05, 3.63) is 28.6 Å². The van der Waals surface area contributed by atoms with Gasteiger partial charge < -0.3 is 14.9 Å². The van der Waals surface area contributed by atoms with E-state index in [1.54, 1.807) is 0 Å². The number of nitrogens with zero attached hydrogens (tertiary/aromatic N) is 1. The van der Waals surface area contributed by atoms with Crippen molar-refractivity contribution in [3.63, 3.8) is 0 Å². The molecule has 2 N–H and O–H groups in total. The summed E-state index contributed by atoms with van der Waals surface area (Å²) in [5, 5.41) is 17.9. The maximum Gasteiger partial charge on any atom is 0.340 e. The molecule has 0 fully saturated rings. The van der Waals surface area contributed by atoms with Crippen molar-refractivity contribution < 1.29 is 29.3 Å². The largest absolute Gasteiger partial charge is 0.478 e. The normalized spacial score (nSPS) is 9.76. The Labute approximate surface area is 95.7 Å². The van der Waals surface area contributed by atoms with Crippen LogP contribution in [-0.2, 0) is 4.74 Å². The van der Waals surface area contributed by atoms with Gasteiger partial charge in [-0.3, -0.25) is 4.98 Å². The summed E-state index contributed by atoms with van der Waals surface area (Å²) < 4.78 is 4.37. The van der Waals surface area contributed by atoms with E-state index in [1.165, 1.54) is 6.92 Å². The molecule has 0 aromatic carbocycles. The first-order valence-corrected chi connectivity index (χ1v) is 4.44. The van der Waals surface area contributed by atoms with Crippen molar-refractivity contribution in [1.29, 1.82) is 0 Å². The molecule has 0 amide bonds. The molecular weight excluding hydrogens is 230 g/mol. The van der Waals surface area contributed by atoms with E-state index in [0.29, 0.717) is 0 Å². The maximum atomic E-state index is 11.3. The Morgan fingerprint density at radius 2 is 1.71 bits per heavy atom. The first-order chi connectivity index (χ1) is 7.90. The molecule has 1 heterocycles. The fourth-order valence-corrected chi connectivity index (χ4v) is 1.35. The summed E-state index contributed by atoms with van der Waals surface area (Å²) in [5.41, 5.74) is -1.50. The van der Waals surface area contributed by atoms with Crippen LogP contribution < -0.4 is 0 Å². The number of rotatable bonds is 3. The van der Waals surface area contributed by atoms with Crippen molar-refractivity contribution >= 4 is 17.9 Å². The van der Waals surface area contributed by atoms with Crippen LogP contribution in [-0.4, -0.2) is 40.2 Å². The fraction of sp³-hybridized carbons (Fsp3) is 0.200. The van der Waals surface area contributed by atoms with Gasteiger partial charge in [0, 0.05) is 6.20 Å². The topological polar surface area (TPSA) is 114 Å². The average Bonchev–Trinajstić information content (AvgIpc) is 2.26. The lowest BCUT2D eigenvalue weighted by molar-refractivity contribution is 0.0579. The van der Waals surface area contributed by atoms with Gasteiger partial charge in [-0.1, -0.05) is 0 Å². The lowest BCUT2D eigenvalue weighted by Crippen LogP contribution is -2.18. The Morgan fingerprint density at radius 1 is 1.18 bits per heavy atom. The van der Waals surface area contributed by atoms with Gasteiger partial charge in [0.1, 0.15) is 0 Å². The average molecular weight is 239 g/mol. The lowest BCUT2D eigenvalue weighted by atomic mass is 10.0. The van der Waals surface area contributed by atoms with Gasteiger partial charge in [0.25, 0.3) is 0 Å². The van der Waals surface area contributed by atoms with Gasteiger partial charge in [0.05, 0.1) is 29.5 Å². The van der Waals surface area contributed by atoms with E-state index in [9.17, 15) is 14.4 Å². The summed E-state index contributed by atoms with van der Waals surface area (Å²) in [6, 6.07) is 0. The van der Waals surface area contributed by atoms with E-state index in [1.807, 2.05) is 0 Å². The van der Waals surface area contributed by atoms with Crippen molar-refractivity contribution in [2.45, 2.75) is 6.92 Å². The summed E-state index contributed by atoms with van der Waals surface area (Å²) in [7, 11) is 1.06. The number of methoxy groups -OCH3 is 1. The van der Waals surface area contributed by atoms with Gasteiger partial charge in [-0.2, -0.15) is 0 Å². The lowest BCUT2D eigenvalue weighted by Gasteiger charge is -2.08. The van der Waals surface area contributed by atoms with Crippen molar-refractivity contribution in [1.82, 2.24) is 4.98 Å². The second-order valence-corrected chi connectivity index (χ2v) is 3.11. The number of carboxylic acids is 2. The minimum atomic E-state index is -1.52. The minimum Gasteiger partial charge on any atom is -0.478 e. The number of aromatic nitrogens is 1. The molecule has 17 heavy (non-hydrogen) atoms. The summed E-state index contributed by atoms with van der Waals surface area (Å²) in [5.74, 6) is -3.93. The highest BCUT2D eigenvalue weighted by atomic mass is 16.5. The smallest absolute Gasteiger partial charge is 0.340 e. The van der Waals surface area contributed by atoms with Crippen LogP contribution in [0.5, 0.6) is 0 Å². The second kappa shape index (κ2) is 4.60. The number of hydrogen-bond donors (Lipinski definition) is 2. The maximum absolute atomic E-state index is 11.3. The Morgan fingerprint density at radius 3 is 2.12 bits per heavy atom. The summed E-state index contributed by atoms with van der Waals surface area (Å²) in [6.45, 7) is 1.34. The number of ether oxygens (including phenoxy) is 1. The Hall–Kier alpha value is -2.44. The number of aryl methyl sites for hydroxylation is 1. The van der Waals surface area contributed by atoms with E-state index in [0.717, 1.165) is 13.3 Å². The molecule has 0 atom stereocenters. The number of esters is 1. The highest BCUT2D eigenvalue weighted by Crippen LogP contribution is 2.18. The van der Waals surface area contributed by atoms with Crippen LogP contribution in [0.4, 0.5) is 0 Å². The zero-order chi connectivity index (χ0) is 13.2. The van der Waals surface area contributed by atoms with Crippen LogP contribution in [0.1, 0.15) is 36.8 Å². The molecule has 7 nitrogen and oxygen atoms in total. The highest BCUT2D eigenvalue weighted by molar-refractivity contribution is 6.09. The molecule has 0 radical (unpaired) electrons. The van der Waals surface area contributed by atoms with Gasteiger partial charge in [0.2, 0.25) is 0 Å². The molecule has 1 aromatic rings. The zero-order valence-electron chi connectivity index (χ0n) is 9.05. The van der Waals surface area contributed by atoms with Crippen LogP contribution >= 0.6 is 0 Å². The van der Waals surface area contributed by atoms with Gasteiger partial charge in [-0.25, -0.2) is 14.4 Å². The zero-order valence-corrected chi connectivity index (χ0v) is 9.05. The minimum absolute atomic E-state index is 0.0163. The number of aromatic carboxylic acids is 2. The molecule has 0 spiro atoms. The van der Waals surface area contributed by atoms with Crippen LogP contribution in [0.15, 0.2) is 6.20 Å². The Kier molecular flexibility index (Phi) is 3.42. The van der Waals surface area contributed by atoms with E-state index in [-0.39, 0.29) is 11.3 Å². The third-order valence-corrected chi connectivity index (χ3v) is 2.10. The number of hydrogen-bond acceptors (Lipinski definition) is 5. The molecule has 0 bridgehead atoms. The van der Waals surface area contributed by atoms with Gasteiger partial charge >= 0.3 is 17.9 Å². The van der Waals surface area contributed by atoms with Gasteiger partial charge in [0.15, 0.2) is 0 Å². The third-order valence-electron chi connectivity index (χ3n) is 2.10. The molecule has 0 saturated heterocycles. The number of carbonyl (C=O) groups is 3. The standard InChI is InChI=1S/C10H9NO6/c1-4-6(8(12)13)7(9(14)15)5(3-11-4)10(16)17-2/h3H,1-2H3,(H,12,13)(H,14,15). The molecule has 0 aliphatic heterocycles. The van der Waals surface area contributed by atoms with Crippen molar-refractivity contribution in [2.24, 2.45) is 0 Å². The van der Waals surface area contributed by atoms with Gasteiger partial charge in [-0.15, -0.1) is 0 Å². The van der Waals surface area contributed by atoms with Crippen LogP contribution in [0.2, 0.25) is 0 Å². The van der Waals surface area contributed by atoms with Crippen LogP contribution in [0.25, 0.3) is 0 Å². The molecule has 0 aliphatic carbocycles. The molecule has 1 rings (SSSR count). The van der Waals surface area contributed by atoms with Crippen LogP contribution in [0.3, 0.4) is 0 Å². The fourth-order valence-electron chi connectivity index (χ4n) is 1.35. The molecule has 1 aromatic heterocycles.